The molecule has 0 atom stereocenters. The van der Waals surface area contributed by atoms with Crippen LogP contribution in [0.1, 0.15) is 16.8 Å². The first-order valence-electron chi connectivity index (χ1n) is 10.7. The molecule has 3 rings (SSSR count). The number of anilines is 1. The van der Waals surface area contributed by atoms with Gasteiger partial charge in [-0.25, -0.2) is 8.42 Å². The first kappa shape index (κ1) is 25.8. The van der Waals surface area contributed by atoms with Gasteiger partial charge in [0.15, 0.2) is 11.5 Å². The number of pyridine rings is 1. The Bertz CT molecular complexity index is 1440. The van der Waals surface area contributed by atoms with Gasteiger partial charge < -0.3 is 24.1 Å². The maximum atomic E-state index is 13.5. The van der Waals surface area contributed by atoms with Crippen molar-refractivity contribution in [3.63, 3.8) is 0 Å². The number of aryl methyl sites for hydroxylation is 3. The minimum absolute atomic E-state index is 0.125. The summed E-state index contributed by atoms with van der Waals surface area (Å²) in [5.74, 6) is 0.531. The smallest absolute Gasteiger partial charge is 0.270 e. The third-order valence-electron chi connectivity index (χ3n) is 5.51. The van der Waals surface area contributed by atoms with Crippen LogP contribution in [0.3, 0.4) is 0 Å². The molecule has 0 fully saturated rings. The summed E-state index contributed by atoms with van der Waals surface area (Å²) in [6.07, 6.45) is 0. The predicted octanol–water partition coefficient (Wildman–Crippen LogP) is 3.27. The molecule has 0 aliphatic heterocycles. The molecule has 0 radical (unpaired) electrons. The van der Waals surface area contributed by atoms with Crippen LogP contribution in [0, 0.1) is 20.8 Å². The van der Waals surface area contributed by atoms with Crippen molar-refractivity contribution in [2.75, 3.05) is 26.6 Å². The van der Waals surface area contributed by atoms with E-state index in [0.717, 1.165) is 10.1 Å². The maximum Gasteiger partial charge on any atom is 0.270 e. The SMILES string of the molecule is COc1ccc(C)cc1NC(=O)Cn1c(C)cc(C)c(S(=O)(=O)c2ccc(OC)c(OC)c2)c1=O. The Balaban J connectivity index is 2.03. The van der Waals surface area contributed by atoms with Gasteiger partial charge in [0.05, 0.1) is 31.9 Å². The lowest BCUT2D eigenvalue weighted by Gasteiger charge is -2.16. The number of methoxy groups -OCH3 is 3. The molecule has 0 aliphatic rings. The number of carbonyl (C=O) groups excluding carboxylic acids is 1. The lowest BCUT2D eigenvalue weighted by Crippen LogP contribution is -2.33. The quantitative estimate of drug-likeness (QED) is 0.505. The van der Waals surface area contributed by atoms with Crippen LogP contribution in [-0.2, 0) is 21.2 Å². The monoisotopic (exact) mass is 500 g/mol. The van der Waals surface area contributed by atoms with Gasteiger partial charge in [-0.15, -0.1) is 0 Å². The minimum Gasteiger partial charge on any atom is -0.495 e. The van der Waals surface area contributed by atoms with Crippen LogP contribution in [0.15, 0.2) is 57.1 Å². The largest absolute Gasteiger partial charge is 0.495 e. The number of ether oxygens (including phenoxy) is 3. The number of rotatable bonds is 8. The van der Waals surface area contributed by atoms with Gasteiger partial charge >= 0.3 is 0 Å². The zero-order chi connectivity index (χ0) is 25.9. The van der Waals surface area contributed by atoms with Crippen LogP contribution >= 0.6 is 0 Å². The number of aromatic nitrogens is 1. The van der Waals surface area contributed by atoms with Crippen molar-refractivity contribution in [1.29, 1.82) is 0 Å². The highest BCUT2D eigenvalue weighted by Gasteiger charge is 2.27. The average molecular weight is 501 g/mol. The first-order valence-corrected chi connectivity index (χ1v) is 12.1. The van der Waals surface area contributed by atoms with E-state index in [2.05, 4.69) is 5.32 Å². The Morgan fingerprint density at radius 2 is 1.51 bits per heavy atom. The lowest BCUT2D eigenvalue weighted by atomic mass is 10.2. The fourth-order valence-electron chi connectivity index (χ4n) is 3.79. The van der Waals surface area contributed by atoms with Gasteiger partial charge in [0.2, 0.25) is 15.7 Å². The van der Waals surface area contributed by atoms with E-state index in [1.54, 1.807) is 32.0 Å². The third kappa shape index (κ3) is 5.17. The van der Waals surface area contributed by atoms with Gasteiger partial charge in [-0.05, 0) is 62.2 Å². The summed E-state index contributed by atoms with van der Waals surface area (Å²) in [6.45, 7) is 4.68. The van der Waals surface area contributed by atoms with Gasteiger partial charge in [-0.1, -0.05) is 6.07 Å². The number of benzene rings is 2. The number of nitrogens with zero attached hydrogens (tertiary/aromatic N) is 1. The van der Waals surface area contributed by atoms with Crippen LogP contribution < -0.4 is 25.1 Å². The van der Waals surface area contributed by atoms with E-state index in [-0.39, 0.29) is 22.8 Å². The molecule has 186 valence electrons. The highest BCUT2D eigenvalue weighted by atomic mass is 32.2. The van der Waals surface area contributed by atoms with Crippen LogP contribution in [0.5, 0.6) is 17.2 Å². The van der Waals surface area contributed by atoms with Crippen molar-refractivity contribution in [2.45, 2.75) is 37.1 Å². The topological polar surface area (TPSA) is 113 Å². The minimum atomic E-state index is -4.23. The van der Waals surface area contributed by atoms with Crippen molar-refractivity contribution < 1.29 is 27.4 Å². The van der Waals surface area contributed by atoms with E-state index in [9.17, 15) is 18.0 Å². The van der Waals surface area contributed by atoms with E-state index < -0.39 is 26.2 Å². The summed E-state index contributed by atoms with van der Waals surface area (Å²) >= 11 is 0. The number of sulfone groups is 1. The number of carbonyl (C=O) groups is 1. The summed E-state index contributed by atoms with van der Waals surface area (Å²) in [6, 6.07) is 11.0. The summed E-state index contributed by atoms with van der Waals surface area (Å²) in [4.78, 5) is 25.7. The Morgan fingerprint density at radius 1 is 0.886 bits per heavy atom. The van der Waals surface area contributed by atoms with Crippen molar-refractivity contribution in [3.8, 4) is 17.2 Å². The van der Waals surface area contributed by atoms with Crippen LogP contribution in [0.4, 0.5) is 5.69 Å². The molecule has 10 heteroatoms. The Hall–Kier alpha value is -3.79. The summed E-state index contributed by atoms with van der Waals surface area (Å²) in [7, 11) is 0.0834. The molecule has 35 heavy (non-hydrogen) atoms. The maximum absolute atomic E-state index is 13.5. The Morgan fingerprint density at radius 3 is 2.14 bits per heavy atom. The zero-order valence-corrected chi connectivity index (χ0v) is 21.3. The van der Waals surface area contributed by atoms with Crippen molar-refractivity contribution >= 4 is 21.4 Å². The standard InChI is InChI=1S/C25H28N2O7S/c1-15-7-9-20(32-4)19(11-15)26-23(28)14-27-17(3)12-16(2)24(25(27)29)35(30,31)18-8-10-21(33-5)22(13-18)34-6/h7-13H,14H2,1-6H3,(H,26,28). The number of nitrogens with one attached hydrogen (secondary N) is 1. The lowest BCUT2D eigenvalue weighted by molar-refractivity contribution is -0.116. The molecule has 1 amide bonds. The zero-order valence-electron chi connectivity index (χ0n) is 20.5. The van der Waals surface area contributed by atoms with Crippen molar-refractivity contribution in [3.05, 3.63) is 69.6 Å². The molecule has 9 nitrogen and oxygen atoms in total. The third-order valence-corrected chi connectivity index (χ3v) is 7.42. The predicted molar refractivity (Wildman–Crippen MR) is 132 cm³/mol. The van der Waals surface area contributed by atoms with E-state index in [0.29, 0.717) is 22.9 Å². The van der Waals surface area contributed by atoms with Crippen molar-refractivity contribution in [1.82, 2.24) is 4.57 Å². The normalized spacial score (nSPS) is 11.1. The highest BCUT2D eigenvalue weighted by molar-refractivity contribution is 7.91. The van der Waals surface area contributed by atoms with Gasteiger partial charge in [-0.3, -0.25) is 9.59 Å². The first-order chi connectivity index (χ1) is 16.5. The van der Waals surface area contributed by atoms with E-state index in [1.807, 2.05) is 13.0 Å². The molecular formula is C25H28N2O7S. The molecular weight excluding hydrogens is 472 g/mol. The molecule has 1 N–H and O–H groups in total. The van der Waals surface area contributed by atoms with Gasteiger partial charge in [-0.2, -0.15) is 0 Å². The van der Waals surface area contributed by atoms with Gasteiger partial charge in [0.1, 0.15) is 17.2 Å². The molecule has 3 aromatic rings. The summed E-state index contributed by atoms with van der Waals surface area (Å²) in [5, 5.41) is 2.73. The molecule has 0 unspecified atom stereocenters. The van der Waals surface area contributed by atoms with Crippen molar-refractivity contribution in [2.24, 2.45) is 0 Å². The Labute approximate surface area is 204 Å². The van der Waals surface area contributed by atoms with Gasteiger partial charge in [0.25, 0.3) is 5.56 Å². The van der Waals surface area contributed by atoms with Crippen LogP contribution in [0.2, 0.25) is 0 Å². The molecule has 0 saturated carbocycles. The molecule has 1 heterocycles. The highest BCUT2D eigenvalue weighted by Crippen LogP contribution is 2.32. The fourth-order valence-corrected chi connectivity index (χ4v) is 5.35. The summed E-state index contributed by atoms with van der Waals surface area (Å²) in [5.41, 5.74) is 1.30. The summed E-state index contributed by atoms with van der Waals surface area (Å²) < 4.78 is 43.8. The molecule has 0 spiro atoms. The fraction of sp³-hybridized carbons (Fsp3) is 0.280. The van der Waals surface area contributed by atoms with Crippen LogP contribution in [0.25, 0.3) is 0 Å². The number of hydrogen-bond donors (Lipinski definition) is 1. The van der Waals surface area contributed by atoms with E-state index >= 15 is 0 Å². The van der Waals surface area contributed by atoms with E-state index in [1.165, 1.54) is 39.5 Å². The average Bonchev–Trinajstić information content (AvgIpc) is 2.81. The second-order valence-electron chi connectivity index (χ2n) is 7.96. The molecule has 0 bridgehead atoms. The molecule has 1 aromatic heterocycles. The molecule has 2 aromatic carbocycles. The molecule has 0 saturated heterocycles. The van der Waals surface area contributed by atoms with Crippen LogP contribution in [-0.4, -0.2) is 40.2 Å². The Kier molecular flexibility index (Phi) is 7.54. The number of hydrogen-bond acceptors (Lipinski definition) is 7. The van der Waals surface area contributed by atoms with E-state index in [4.69, 9.17) is 14.2 Å². The second-order valence-corrected chi connectivity index (χ2v) is 9.85. The second kappa shape index (κ2) is 10.2. The van der Waals surface area contributed by atoms with Gasteiger partial charge in [0, 0.05) is 11.8 Å². The number of amides is 1. The molecule has 0 aliphatic carbocycles.